The Hall–Kier alpha value is -2.61. The Kier molecular flexibility index (Phi) is 4.29. The van der Waals surface area contributed by atoms with Crippen LogP contribution in [0.2, 0.25) is 0 Å². The quantitative estimate of drug-likeness (QED) is 0.765. The first-order valence-electron chi connectivity index (χ1n) is 5.84. The number of ether oxygens (including phenoxy) is 2. The fourth-order valence-corrected chi connectivity index (χ4v) is 1.47. The highest BCUT2D eigenvalue weighted by atomic mass is 16.5. The molecule has 0 aliphatic rings. The van der Waals surface area contributed by atoms with Gasteiger partial charge in [0.25, 0.3) is 0 Å². The SMILES string of the molecule is Cc1cc(C#N)nc(OCCOc2ccccc2)n1. The second kappa shape index (κ2) is 6.36. The standard InChI is InChI=1S/C14H13N3O2/c1-11-9-12(10-15)17-14(16-11)19-8-7-18-13-5-3-2-4-6-13/h2-6,9H,7-8H2,1H3. The largest absolute Gasteiger partial charge is 0.490 e. The van der Waals surface area contributed by atoms with E-state index < -0.39 is 0 Å². The summed E-state index contributed by atoms with van der Waals surface area (Å²) in [6.07, 6.45) is 0. The van der Waals surface area contributed by atoms with Crippen molar-refractivity contribution >= 4 is 0 Å². The highest BCUT2D eigenvalue weighted by Crippen LogP contribution is 2.09. The first kappa shape index (κ1) is 12.8. The van der Waals surface area contributed by atoms with Crippen molar-refractivity contribution in [2.75, 3.05) is 13.2 Å². The lowest BCUT2D eigenvalue weighted by molar-refractivity contribution is 0.205. The summed E-state index contributed by atoms with van der Waals surface area (Å²) in [5.74, 6) is 0.786. The lowest BCUT2D eigenvalue weighted by Gasteiger charge is -2.07. The molecule has 1 aromatic heterocycles. The lowest BCUT2D eigenvalue weighted by Crippen LogP contribution is -2.11. The van der Waals surface area contributed by atoms with Crippen LogP contribution in [-0.2, 0) is 0 Å². The van der Waals surface area contributed by atoms with Crippen molar-refractivity contribution in [3.05, 3.63) is 47.8 Å². The maximum Gasteiger partial charge on any atom is 0.317 e. The molecule has 0 aliphatic carbocycles. The fourth-order valence-electron chi connectivity index (χ4n) is 1.47. The molecule has 5 heteroatoms. The van der Waals surface area contributed by atoms with E-state index in [0.717, 1.165) is 5.75 Å². The van der Waals surface area contributed by atoms with Gasteiger partial charge in [0.05, 0.1) is 0 Å². The molecule has 0 atom stereocenters. The summed E-state index contributed by atoms with van der Waals surface area (Å²) in [6.45, 7) is 2.50. The molecule has 1 heterocycles. The third-order valence-corrected chi connectivity index (χ3v) is 2.27. The van der Waals surface area contributed by atoms with E-state index in [1.165, 1.54) is 0 Å². The van der Waals surface area contributed by atoms with Gasteiger partial charge in [0.2, 0.25) is 0 Å². The van der Waals surface area contributed by atoms with Gasteiger partial charge in [-0.15, -0.1) is 0 Å². The Morgan fingerprint density at radius 3 is 2.58 bits per heavy atom. The van der Waals surface area contributed by atoms with Gasteiger partial charge in [-0.1, -0.05) is 18.2 Å². The Morgan fingerprint density at radius 2 is 1.84 bits per heavy atom. The molecule has 0 radical (unpaired) electrons. The van der Waals surface area contributed by atoms with E-state index in [1.54, 1.807) is 13.0 Å². The van der Waals surface area contributed by atoms with Gasteiger partial charge in [-0.25, -0.2) is 4.98 Å². The lowest BCUT2D eigenvalue weighted by atomic mass is 10.3. The van der Waals surface area contributed by atoms with Crippen LogP contribution in [0.25, 0.3) is 0 Å². The van der Waals surface area contributed by atoms with Crippen LogP contribution in [0.1, 0.15) is 11.4 Å². The van der Waals surface area contributed by atoms with E-state index in [4.69, 9.17) is 14.7 Å². The summed E-state index contributed by atoms with van der Waals surface area (Å²) in [4.78, 5) is 8.03. The maximum atomic E-state index is 8.79. The van der Waals surface area contributed by atoms with Gasteiger partial charge in [0.15, 0.2) is 0 Å². The summed E-state index contributed by atoms with van der Waals surface area (Å²) < 4.78 is 10.8. The third kappa shape index (κ3) is 3.96. The average molecular weight is 255 g/mol. The summed E-state index contributed by atoms with van der Waals surface area (Å²) in [7, 11) is 0. The minimum absolute atomic E-state index is 0.202. The van der Waals surface area contributed by atoms with E-state index >= 15 is 0 Å². The van der Waals surface area contributed by atoms with E-state index in [9.17, 15) is 0 Å². The molecule has 96 valence electrons. The molecule has 0 bridgehead atoms. The molecule has 0 aliphatic heterocycles. The molecule has 0 spiro atoms. The van der Waals surface area contributed by atoms with Gasteiger partial charge < -0.3 is 9.47 Å². The van der Waals surface area contributed by atoms with Crippen LogP contribution in [0.15, 0.2) is 36.4 Å². The highest BCUT2D eigenvalue weighted by molar-refractivity contribution is 5.23. The minimum Gasteiger partial charge on any atom is -0.490 e. The Labute approximate surface area is 111 Å². The van der Waals surface area contributed by atoms with Crippen LogP contribution in [-0.4, -0.2) is 23.2 Å². The normalized spacial score (nSPS) is 9.68. The molecule has 0 saturated heterocycles. The molecule has 0 N–H and O–H groups in total. The van der Waals surface area contributed by atoms with Crippen LogP contribution in [0.3, 0.4) is 0 Å². The molecule has 1 aromatic carbocycles. The Morgan fingerprint density at radius 1 is 1.11 bits per heavy atom. The molecule has 0 saturated carbocycles. The zero-order chi connectivity index (χ0) is 13.5. The molecular formula is C14H13N3O2. The summed E-state index contributed by atoms with van der Waals surface area (Å²) in [6, 6.07) is 13.2. The second-order valence-corrected chi connectivity index (χ2v) is 3.80. The van der Waals surface area contributed by atoms with Crippen LogP contribution in [0.4, 0.5) is 0 Å². The van der Waals surface area contributed by atoms with E-state index in [2.05, 4.69) is 9.97 Å². The predicted octanol–water partition coefficient (Wildman–Crippen LogP) is 2.11. The number of nitriles is 1. The minimum atomic E-state index is 0.202. The van der Waals surface area contributed by atoms with E-state index in [-0.39, 0.29) is 6.01 Å². The Balaban J connectivity index is 1.83. The number of nitrogens with zero attached hydrogens (tertiary/aromatic N) is 3. The molecule has 5 nitrogen and oxygen atoms in total. The molecule has 0 fully saturated rings. The van der Waals surface area contributed by atoms with Crippen molar-refractivity contribution in [2.45, 2.75) is 6.92 Å². The van der Waals surface area contributed by atoms with E-state index in [1.807, 2.05) is 36.4 Å². The third-order valence-electron chi connectivity index (χ3n) is 2.27. The smallest absolute Gasteiger partial charge is 0.317 e. The summed E-state index contributed by atoms with van der Waals surface area (Å²) in [5.41, 5.74) is 0.997. The molecule has 2 rings (SSSR count). The van der Waals surface area contributed by atoms with Crippen molar-refractivity contribution in [1.29, 1.82) is 5.26 Å². The van der Waals surface area contributed by atoms with Crippen LogP contribution in [0, 0.1) is 18.3 Å². The molecule has 2 aromatic rings. The molecular weight excluding hydrogens is 242 g/mol. The van der Waals surface area contributed by atoms with Crippen molar-refractivity contribution < 1.29 is 9.47 Å². The van der Waals surface area contributed by atoms with Gasteiger partial charge in [0.1, 0.15) is 30.7 Å². The number of hydrogen-bond donors (Lipinski definition) is 0. The second-order valence-electron chi connectivity index (χ2n) is 3.80. The van der Waals surface area contributed by atoms with Crippen LogP contribution in [0.5, 0.6) is 11.8 Å². The number of benzene rings is 1. The molecule has 0 amide bonds. The number of hydrogen-bond acceptors (Lipinski definition) is 5. The van der Waals surface area contributed by atoms with Gasteiger partial charge >= 0.3 is 6.01 Å². The van der Waals surface area contributed by atoms with Gasteiger partial charge in [-0.3, -0.25) is 0 Å². The molecule has 0 unspecified atom stereocenters. The van der Waals surface area contributed by atoms with E-state index in [0.29, 0.717) is 24.6 Å². The number of aromatic nitrogens is 2. The first-order valence-corrected chi connectivity index (χ1v) is 5.84. The number of para-hydroxylation sites is 1. The van der Waals surface area contributed by atoms with Crippen LogP contribution >= 0.6 is 0 Å². The average Bonchev–Trinajstić information content (AvgIpc) is 2.44. The number of rotatable bonds is 5. The van der Waals surface area contributed by atoms with Gasteiger partial charge in [-0.05, 0) is 25.1 Å². The highest BCUT2D eigenvalue weighted by Gasteiger charge is 2.02. The summed E-state index contributed by atoms with van der Waals surface area (Å²) >= 11 is 0. The molecule has 19 heavy (non-hydrogen) atoms. The monoisotopic (exact) mass is 255 g/mol. The topological polar surface area (TPSA) is 68.0 Å². The van der Waals surface area contributed by atoms with Crippen LogP contribution < -0.4 is 9.47 Å². The van der Waals surface area contributed by atoms with Gasteiger partial charge in [-0.2, -0.15) is 10.2 Å². The van der Waals surface area contributed by atoms with Crippen molar-refractivity contribution in [3.63, 3.8) is 0 Å². The Bertz CT molecular complexity index is 579. The summed E-state index contributed by atoms with van der Waals surface area (Å²) in [5, 5.41) is 8.79. The number of aryl methyl sites for hydroxylation is 1. The van der Waals surface area contributed by atoms with Gasteiger partial charge in [0, 0.05) is 5.69 Å². The zero-order valence-corrected chi connectivity index (χ0v) is 10.5. The van der Waals surface area contributed by atoms with Crippen molar-refractivity contribution in [3.8, 4) is 17.8 Å². The first-order chi connectivity index (χ1) is 9.28. The fraction of sp³-hybridized carbons (Fsp3) is 0.214. The predicted molar refractivity (Wildman–Crippen MR) is 68.9 cm³/mol. The maximum absolute atomic E-state index is 8.79. The van der Waals surface area contributed by atoms with Crippen molar-refractivity contribution in [1.82, 2.24) is 9.97 Å². The zero-order valence-electron chi connectivity index (χ0n) is 10.5. The van der Waals surface area contributed by atoms with Crippen molar-refractivity contribution in [2.24, 2.45) is 0 Å².